The largest absolute Gasteiger partial charge is 0.327 e. The molecule has 0 unspecified atom stereocenters. The molecule has 0 fully saturated rings. The maximum absolute atomic E-state index is 13.1. The van der Waals surface area contributed by atoms with E-state index in [9.17, 15) is 9.59 Å². The van der Waals surface area contributed by atoms with Gasteiger partial charge in [0.25, 0.3) is 5.91 Å². The van der Waals surface area contributed by atoms with Crippen LogP contribution >= 0.6 is 23.2 Å². The van der Waals surface area contributed by atoms with Gasteiger partial charge in [-0.25, -0.2) is 4.79 Å². The Bertz CT molecular complexity index is 970. The number of carbonyl (C=O) groups excluding carboxylic acids is 2. The Morgan fingerprint density at radius 1 is 1.07 bits per heavy atom. The molecule has 2 aromatic rings. The van der Waals surface area contributed by atoms with Gasteiger partial charge in [0.1, 0.15) is 0 Å². The molecule has 0 saturated carbocycles. The van der Waals surface area contributed by atoms with Gasteiger partial charge in [-0.3, -0.25) is 4.79 Å². The van der Waals surface area contributed by atoms with Crippen LogP contribution in [0.2, 0.25) is 10.0 Å². The molecule has 27 heavy (non-hydrogen) atoms. The van der Waals surface area contributed by atoms with E-state index in [0.717, 1.165) is 16.8 Å². The van der Waals surface area contributed by atoms with Crippen molar-refractivity contribution in [1.82, 2.24) is 10.6 Å². The van der Waals surface area contributed by atoms with Crippen LogP contribution in [-0.4, -0.2) is 11.9 Å². The maximum atomic E-state index is 13.1. The summed E-state index contributed by atoms with van der Waals surface area (Å²) in [6.45, 7) is 5.57. The van der Waals surface area contributed by atoms with Gasteiger partial charge in [0.05, 0.1) is 11.6 Å². The lowest BCUT2D eigenvalue weighted by Crippen LogP contribution is -2.46. The lowest BCUT2D eigenvalue weighted by molar-refractivity contribution is -0.113. The number of halogens is 2. The SMILES string of the molecule is CC1=C(C(=O)Nc2cc(C)ccc2C)[C@@H](c2ccc(Cl)cc2Cl)NC(=O)N1. The van der Waals surface area contributed by atoms with E-state index in [1.54, 1.807) is 25.1 Å². The fraction of sp³-hybridized carbons (Fsp3) is 0.200. The van der Waals surface area contributed by atoms with E-state index in [2.05, 4.69) is 16.0 Å². The van der Waals surface area contributed by atoms with Crippen molar-refractivity contribution in [2.45, 2.75) is 26.8 Å². The van der Waals surface area contributed by atoms with Crippen molar-refractivity contribution in [3.63, 3.8) is 0 Å². The van der Waals surface area contributed by atoms with Gasteiger partial charge in [0.15, 0.2) is 0 Å². The van der Waals surface area contributed by atoms with Gasteiger partial charge in [-0.15, -0.1) is 0 Å². The van der Waals surface area contributed by atoms with E-state index in [1.807, 2.05) is 32.0 Å². The Labute approximate surface area is 167 Å². The zero-order valence-corrected chi connectivity index (χ0v) is 16.6. The minimum absolute atomic E-state index is 0.315. The molecule has 0 saturated heterocycles. The fourth-order valence-corrected chi connectivity index (χ4v) is 3.54. The molecule has 140 valence electrons. The molecule has 1 atom stereocenters. The number of benzene rings is 2. The first-order chi connectivity index (χ1) is 12.8. The summed E-state index contributed by atoms with van der Waals surface area (Å²) in [5.74, 6) is -0.315. The maximum Gasteiger partial charge on any atom is 0.319 e. The summed E-state index contributed by atoms with van der Waals surface area (Å²) in [5, 5.41) is 9.21. The number of hydrogen-bond acceptors (Lipinski definition) is 2. The molecule has 7 heteroatoms. The van der Waals surface area contributed by atoms with E-state index < -0.39 is 12.1 Å². The summed E-state index contributed by atoms with van der Waals surface area (Å²) in [6, 6.07) is 9.71. The second-order valence-corrected chi connectivity index (χ2v) is 7.35. The van der Waals surface area contributed by atoms with Crippen molar-refractivity contribution >= 4 is 40.8 Å². The summed E-state index contributed by atoms with van der Waals surface area (Å²) < 4.78 is 0. The first kappa shape index (κ1) is 19.3. The molecule has 5 nitrogen and oxygen atoms in total. The molecule has 0 spiro atoms. The summed E-state index contributed by atoms with van der Waals surface area (Å²) in [4.78, 5) is 25.1. The average Bonchev–Trinajstić information content (AvgIpc) is 2.57. The third-order valence-electron chi connectivity index (χ3n) is 4.43. The molecule has 1 heterocycles. The smallest absolute Gasteiger partial charge is 0.319 e. The van der Waals surface area contributed by atoms with E-state index in [4.69, 9.17) is 23.2 Å². The van der Waals surface area contributed by atoms with Crippen LogP contribution in [-0.2, 0) is 4.79 Å². The predicted octanol–water partition coefficient (Wildman–Crippen LogP) is 4.88. The molecule has 0 radical (unpaired) electrons. The third kappa shape index (κ3) is 4.10. The zero-order valence-electron chi connectivity index (χ0n) is 15.1. The molecule has 2 aromatic carbocycles. The van der Waals surface area contributed by atoms with Gasteiger partial charge in [-0.05, 0) is 55.7 Å². The normalized spacial score (nSPS) is 16.6. The number of allylic oxidation sites excluding steroid dienone is 1. The van der Waals surface area contributed by atoms with E-state index in [0.29, 0.717) is 26.9 Å². The van der Waals surface area contributed by atoms with Crippen molar-refractivity contribution < 1.29 is 9.59 Å². The van der Waals surface area contributed by atoms with Crippen molar-refractivity contribution in [3.05, 3.63) is 74.4 Å². The summed E-state index contributed by atoms with van der Waals surface area (Å²) in [5.41, 5.74) is 4.16. The van der Waals surface area contributed by atoms with Gasteiger partial charge in [0, 0.05) is 21.4 Å². The minimum atomic E-state index is -0.686. The van der Waals surface area contributed by atoms with Crippen molar-refractivity contribution in [3.8, 4) is 0 Å². The van der Waals surface area contributed by atoms with Crippen LogP contribution in [0.15, 0.2) is 47.7 Å². The summed E-state index contributed by atoms with van der Waals surface area (Å²) >= 11 is 12.3. The lowest BCUT2D eigenvalue weighted by Gasteiger charge is -2.29. The zero-order chi connectivity index (χ0) is 19.7. The first-order valence-corrected chi connectivity index (χ1v) is 9.13. The Hall–Kier alpha value is -2.50. The second-order valence-electron chi connectivity index (χ2n) is 6.51. The van der Waals surface area contributed by atoms with Gasteiger partial charge in [0.2, 0.25) is 0 Å². The third-order valence-corrected chi connectivity index (χ3v) is 4.99. The van der Waals surface area contributed by atoms with Gasteiger partial charge in [-0.2, -0.15) is 0 Å². The molecular formula is C20H19Cl2N3O2. The Morgan fingerprint density at radius 2 is 1.81 bits per heavy atom. The minimum Gasteiger partial charge on any atom is -0.327 e. The summed E-state index contributed by atoms with van der Waals surface area (Å²) in [7, 11) is 0. The molecule has 0 aliphatic carbocycles. The summed E-state index contributed by atoms with van der Waals surface area (Å²) in [6.07, 6.45) is 0. The molecule has 0 bridgehead atoms. The highest BCUT2D eigenvalue weighted by molar-refractivity contribution is 6.35. The van der Waals surface area contributed by atoms with Crippen LogP contribution < -0.4 is 16.0 Å². The molecule has 3 amide bonds. The molecular weight excluding hydrogens is 385 g/mol. The number of hydrogen-bond donors (Lipinski definition) is 3. The van der Waals surface area contributed by atoms with Gasteiger partial charge in [-0.1, -0.05) is 41.4 Å². The number of aryl methyl sites for hydroxylation is 2. The van der Waals surface area contributed by atoms with Crippen LogP contribution in [0.3, 0.4) is 0 Å². The Kier molecular flexibility index (Phi) is 5.44. The average molecular weight is 404 g/mol. The molecule has 3 N–H and O–H groups in total. The number of carbonyl (C=O) groups is 2. The van der Waals surface area contributed by atoms with Crippen LogP contribution in [0.5, 0.6) is 0 Å². The number of rotatable bonds is 3. The van der Waals surface area contributed by atoms with Crippen LogP contribution in [0.1, 0.15) is 29.7 Å². The predicted molar refractivity (Wildman–Crippen MR) is 108 cm³/mol. The van der Waals surface area contributed by atoms with Crippen LogP contribution in [0.4, 0.5) is 10.5 Å². The standard InChI is InChI=1S/C20H19Cl2N3O2/c1-10-4-5-11(2)16(8-10)24-19(26)17-12(3)23-20(27)25-18(17)14-7-6-13(21)9-15(14)22/h4-9,18H,1-3H3,(H,24,26)(H2,23,25,27)/t18-/m1/s1. The monoisotopic (exact) mass is 403 g/mol. The molecule has 1 aliphatic heterocycles. The highest BCUT2D eigenvalue weighted by atomic mass is 35.5. The van der Waals surface area contributed by atoms with Crippen molar-refractivity contribution in [1.29, 1.82) is 0 Å². The molecule has 0 aromatic heterocycles. The van der Waals surface area contributed by atoms with Gasteiger partial charge < -0.3 is 16.0 Å². The van der Waals surface area contributed by atoms with E-state index in [-0.39, 0.29) is 5.91 Å². The fourth-order valence-electron chi connectivity index (χ4n) is 3.02. The lowest BCUT2D eigenvalue weighted by atomic mass is 9.94. The van der Waals surface area contributed by atoms with E-state index in [1.165, 1.54) is 0 Å². The van der Waals surface area contributed by atoms with Crippen LogP contribution in [0, 0.1) is 13.8 Å². The molecule has 3 rings (SSSR count). The number of urea groups is 1. The Morgan fingerprint density at radius 3 is 2.52 bits per heavy atom. The van der Waals surface area contributed by atoms with Crippen LogP contribution in [0.25, 0.3) is 0 Å². The number of anilines is 1. The number of nitrogens with one attached hydrogen (secondary N) is 3. The first-order valence-electron chi connectivity index (χ1n) is 8.38. The topological polar surface area (TPSA) is 70.2 Å². The highest BCUT2D eigenvalue weighted by Crippen LogP contribution is 2.33. The highest BCUT2D eigenvalue weighted by Gasteiger charge is 2.32. The number of amides is 3. The quantitative estimate of drug-likeness (QED) is 0.683. The van der Waals surface area contributed by atoms with Crippen molar-refractivity contribution in [2.24, 2.45) is 0 Å². The molecule has 1 aliphatic rings. The van der Waals surface area contributed by atoms with Crippen molar-refractivity contribution in [2.75, 3.05) is 5.32 Å². The van der Waals surface area contributed by atoms with Gasteiger partial charge >= 0.3 is 6.03 Å². The second kappa shape index (κ2) is 7.62. The van der Waals surface area contributed by atoms with E-state index >= 15 is 0 Å². The Balaban J connectivity index is 2.01.